The van der Waals surface area contributed by atoms with Gasteiger partial charge in [-0.05, 0) is 61.0 Å². The van der Waals surface area contributed by atoms with Gasteiger partial charge >= 0.3 is 0 Å². The average molecular weight is 493 g/mol. The van der Waals surface area contributed by atoms with Crippen LogP contribution in [0.3, 0.4) is 0 Å². The minimum Gasteiger partial charge on any atom is -0.497 e. The van der Waals surface area contributed by atoms with Gasteiger partial charge in [-0.3, -0.25) is 9.36 Å². The van der Waals surface area contributed by atoms with Gasteiger partial charge in [0.15, 0.2) is 11.0 Å². The molecule has 1 amide bonds. The number of benzene rings is 3. The van der Waals surface area contributed by atoms with Crippen LogP contribution in [0.15, 0.2) is 78.0 Å². The summed E-state index contributed by atoms with van der Waals surface area (Å²) < 4.78 is 27.1. The molecule has 180 valence electrons. The highest BCUT2D eigenvalue weighted by molar-refractivity contribution is 7.99. The molecule has 0 spiro atoms. The van der Waals surface area contributed by atoms with Crippen LogP contribution >= 0.6 is 11.8 Å². The fourth-order valence-electron chi connectivity index (χ4n) is 3.43. The molecule has 7 nitrogen and oxygen atoms in total. The first-order valence-electron chi connectivity index (χ1n) is 11.0. The zero-order valence-corrected chi connectivity index (χ0v) is 20.2. The van der Waals surface area contributed by atoms with Gasteiger partial charge in [0.1, 0.15) is 17.3 Å². The number of methoxy groups -OCH3 is 1. The number of hydrogen-bond acceptors (Lipinski definition) is 6. The molecular formula is C26H25FN4O3S. The minimum atomic E-state index is -0.413. The third-order valence-electron chi connectivity index (χ3n) is 5.11. The first kappa shape index (κ1) is 24.3. The second-order valence-electron chi connectivity index (χ2n) is 7.47. The summed E-state index contributed by atoms with van der Waals surface area (Å²) in [5.74, 6) is 1.44. The van der Waals surface area contributed by atoms with E-state index in [0.717, 1.165) is 22.6 Å². The molecule has 0 aliphatic rings. The summed E-state index contributed by atoms with van der Waals surface area (Å²) in [4.78, 5) is 12.5. The Morgan fingerprint density at radius 3 is 2.57 bits per heavy atom. The molecule has 4 aromatic rings. The molecule has 0 bridgehead atoms. The van der Waals surface area contributed by atoms with Crippen molar-refractivity contribution in [2.75, 3.05) is 19.5 Å². The Kier molecular flexibility index (Phi) is 7.99. The van der Waals surface area contributed by atoms with Crippen LogP contribution < -0.4 is 14.8 Å². The van der Waals surface area contributed by atoms with Gasteiger partial charge in [-0.25, -0.2) is 4.39 Å². The van der Waals surface area contributed by atoms with E-state index in [4.69, 9.17) is 9.47 Å². The SMILES string of the molecule is CCOc1ccc(-c2nnc(SCC(=O)NCc3cccc(OC)c3)n2-c2ccccc2F)cc1. The second kappa shape index (κ2) is 11.5. The molecule has 9 heteroatoms. The Morgan fingerprint density at radius 1 is 1.03 bits per heavy atom. The van der Waals surface area contributed by atoms with E-state index in [1.54, 1.807) is 29.9 Å². The summed E-state index contributed by atoms with van der Waals surface area (Å²) >= 11 is 1.19. The van der Waals surface area contributed by atoms with Gasteiger partial charge < -0.3 is 14.8 Å². The molecule has 0 fully saturated rings. The number of amides is 1. The predicted octanol–water partition coefficient (Wildman–Crippen LogP) is 4.89. The highest BCUT2D eigenvalue weighted by Crippen LogP contribution is 2.30. The van der Waals surface area contributed by atoms with Gasteiger partial charge in [-0.2, -0.15) is 0 Å². The maximum Gasteiger partial charge on any atom is 0.230 e. The predicted molar refractivity (Wildman–Crippen MR) is 133 cm³/mol. The number of para-hydroxylation sites is 1. The van der Waals surface area contributed by atoms with Crippen molar-refractivity contribution in [3.63, 3.8) is 0 Å². The Morgan fingerprint density at radius 2 is 1.83 bits per heavy atom. The van der Waals surface area contributed by atoms with Crippen LogP contribution in [0.1, 0.15) is 12.5 Å². The number of halogens is 1. The number of nitrogens with one attached hydrogen (secondary N) is 1. The van der Waals surface area contributed by atoms with Crippen LogP contribution in [-0.2, 0) is 11.3 Å². The number of rotatable bonds is 10. The van der Waals surface area contributed by atoms with Crippen LogP contribution in [0.2, 0.25) is 0 Å². The minimum absolute atomic E-state index is 0.0971. The van der Waals surface area contributed by atoms with Crippen LogP contribution in [0.4, 0.5) is 4.39 Å². The first-order chi connectivity index (χ1) is 17.1. The van der Waals surface area contributed by atoms with Gasteiger partial charge in [0.05, 0.1) is 25.2 Å². The lowest BCUT2D eigenvalue weighted by molar-refractivity contribution is -0.118. The van der Waals surface area contributed by atoms with Crippen molar-refractivity contribution in [2.45, 2.75) is 18.6 Å². The number of carbonyl (C=O) groups is 1. The van der Waals surface area contributed by atoms with E-state index in [9.17, 15) is 9.18 Å². The van der Waals surface area contributed by atoms with Crippen molar-refractivity contribution in [1.82, 2.24) is 20.1 Å². The van der Waals surface area contributed by atoms with Crippen molar-refractivity contribution < 1.29 is 18.7 Å². The Bertz CT molecular complexity index is 1290. The average Bonchev–Trinajstić information content (AvgIpc) is 3.31. The number of thioether (sulfide) groups is 1. The quantitative estimate of drug-likeness (QED) is 0.318. The van der Waals surface area contributed by atoms with Crippen LogP contribution in [0.5, 0.6) is 11.5 Å². The first-order valence-corrected chi connectivity index (χ1v) is 12.0. The van der Waals surface area contributed by atoms with Crippen molar-refractivity contribution in [2.24, 2.45) is 0 Å². The fraction of sp³-hybridized carbons (Fsp3) is 0.192. The van der Waals surface area contributed by atoms with E-state index in [2.05, 4.69) is 15.5 Å². The van der Waals surface area contributed by atoms with E-state index >= 15 is 0 Å². The zero-order valence-electron chi connectivity index (χ0n) is 19.4. The Labute approximate surface area is 207 Å². The van der Waals surface area contributed by atoms with Crippen LogP contribution in [0.25, 0.3) is 17.1 Å². The third-order valence-corrected chi connectivity index (χ3v) is 6.04. The largest absolute Gasteiger partial charge is 0.497 e. The summed E-state index contributed by atoms with van der Waals surface area (Å²) in [5.41, 5.74) is 1.98. The molecule has 1 heterocycles. The maximum absolute atomic E-state index is 14.8. The molecule has 4 rings (SSSR count). The van der Waals surface area contributed by atoms with Crippen molar-refractivity contribution in [3.8, 4) is 28.6 Å². The lowest BCUT2D eigenvalue weighted by atomic mass is 10.2. The summed E-state index contributed by atoms with van der Waals surface area (Å²) in [6.45, 7) is 2.85. The molecular weight excluding hydrogens is 467 g/mol. The van der Waals surface area contributed by atoms with Crippen molar-refractivity contribution in [3.05, 3.63) is 84.2 Å². The third kappa shape index (κ3) is 5.99. The van der Waals surface area contributed by atoms with Gasteiger partial charge in [0.2, 0.25) is 5.91 Å². The highest BCUT2D eigenvalue weighted by atomic mass is 32.2. The monoisotopic (exact) mass is 492 g/mol. The topological polar surface area (TPSA) is 78.3 Å². The fourth-order valence-corrected chi connectivity index (χ4v) is 4.21. The Hall–Kier alpha value is -3.85. The smallest absolute Gasteiger partial charge is 0.230 e. The van der Waals surface area contributed by atoms with Crippen LogP contribution in [0, 0.1) is 5.82 Å². The van der Waals surface area contributed by atoms with Gasteiger partial charge in [0.25, 0.3) is 0 Å². The number of ether oxygens (including phenoxy) is 2. The molecule has 3 aromatic carbocycles. The van der Waals surface area contributed by atoms with Gasteiger partial charge in [-0.1, -0.05) is 36.0 Å². The number of nitrogens with zero attached hydrogens (tertiary/aromatic N) is 3. The standard InChI is InChI=1S/C26H25FN4O3S/c1-3-34-20-13-11-19(12-14-20)25-29-30-26(31(25)23-10-5-4-9-22(23)27)35-17-24(32)28-16-18-7-6-8-21(15-18)33-2/h4-15H,3,16-17H2,1-2H3,(H,28,32). The van der Waals surface area contributed by atoms with Gasteiger partial charge in [0, 0.05) is 12.1 Å². The van der Waals surface area contributed by atoms with Crippen molar-refractivity contribution in [1.29, 1.82) is 0 Å². The summed E-state index contributed by atoms with van der Waals surface area (Å²) in [6.07, 6.45) is 0. The molecule has 0 radical (unpaired) electrons. The molecule has 0 aliphatic heterocycles. The molecule has 35 heavy (non-hydrogen) atoms. The summed E-state index contributed by atoms with van der Waals surface area (Å²) in [5, 5.41) is 11.9. The maximum atomic E-state index is 14.8. The Balaban J connectivity index is 1.53. The lowest BCUT2D eigenvalue weighted by Gasteiger charge is -2.12. The highest BCUT2D eigenvalue weighted by Gasteiger charge is 2.19. The van der Waals surface area contributed by atoms with Crippen LogP contribution in [-0.4, -0.2) is 40.1 Å². The molecule has 0 saturated carbocycles. The molecule has 1 N–H and O–H groups in total. The molecule has 0 aliphatic carbocycles. The van der Waals surface area contributed by atoms with E-state index in [-0.39, 0.29) is 11.7 Å². The molecule has 1 aromatic heterocycles. The lowest BCUT2D eigenvalue weighted by Crippen LogP contribution is -2.24. The zero-order chi connectivity index (χ0) is 24.6. The van der Waals surface area contributed by atoms with E-state index in [1.807, 2.05) is 55.5 Å². The number of aromatic nitrogens is 3. The van der Waals surface area contributed by atoms with Gasteiger partial charge in [-0.15, -0.1) is 10.2 Å². The summed E-state index contributed by atoms with van der Waals surface area (Å²) in [7, 11) is 1.60. The number of carbonyl (C=O) groups excluding carboxylic acids is 1. The molecule has 0 unspecified atom stereocenters. The second-order valence-corrected chi connectivity index (χ2v) is 8.41. The normalized spacial score (nSPS) is 10.7. The molecule has 0 atom stereocenters. The van der Waals surface area contributed by atoms with E-state index in [1.165, 1.54) is 17.8 Å². The van der Waals surface area contributed by atoms with E-state index < -0.39 is 5.82 Å². The van der Waals surface area contributed by atoms with E-state index in [0.29, 0.717) is 29.8 Å². The summed E-state index contributed by atoms with van der Waals surface area (Å²) in [6, 6.07) is 21.3. The number of hydrogen-bond donors (Lipinski definition) is 1. The molecule has 0 saturated heterocycles. The van der Waals surface area contributed by atoms with Crippen molar-refractivity contribution >= 4 is 17.7 Å².